The molecule has 0 bridgehead atoms. The number of aromatic nitrogens is 2. The van der Waals surface area contributed by atoms with Gasteiger partial charge in [-0.1, -0.05) is 10.6 Å². The summed E-state index contributed by atoms with van der Waals surface area (Å²) < 4.78 is 3.82. The van der Waals surface area contributed by atoms with Crippen LogP contribution in [0.25, 0.3) is 0 Å². The molecule has 0 atom stereocenters. The van der Waals surface area contributed by atoms with Crippen molar-refractivity contribution >= 4 is 46.7 Å². The minimum absolute atomic E-state index is 0.0353. The van der Waals surface area contributed by atoms with Gasteiger partial charge in [0.25, 0.3) is 5.91 Å². The van der Waals surface area contributed by atoms with E-state index in [-0.39, 0.29) is 11.8 Å². The lowest BCUT2D eigenvalue weighted by atomic mass is 9.96. The summed E-state index contributed by atoms with van der Waals surface area (Å²) in [5.41, 5.74) is 1.25. The van der Waals surface area contributed by atoms with Gasteiger partial charge in [-0.25, -0.2) is 0 Å². The van der Waals surface area contributed by atoms with E-state index >= 15 is 0 Å². The van der Waals surface area contributed by atoms with Crippen molar-refractivity contribution in [2.24, 2.45) is 5.92 Å². The molecule has 0 aliphatic carbocycles. The first-order chi connectivity index (χ1) is 14.0. The zero-order chi connectivity index (χ0) is 20.8. The number of nitrogens with one attached hydrogen (secondary N) is 2. The Kier molecular flexibility index (Phi) is 7.21. The molecule has 10 heteroatoms. The van der Waals surface area contributed by atoms with Gasteiger partial charge >= 0.3 is 11.8 Å². The topological polar surface area (TPSA) is 104 Å². The summed E-state index contributed by atoms with van der Waals surface area (Å²) in [6, 6.07) is 7.34. The molecule has 1 aromatic heterocycles. The number of nitrogens with zero attached hydrogens (tertiary/aromatic N) is 3. The van der Waals surface area contributed by atoms with Gasteiger partial charge in [-0.05, 0) is 61.7 Å². The van der Waals surface area contributed by atoms with Crippen molar-refractivity contribution in [2.75, 3.05) is 31.2 Å². The summed E-state index contributed by atoms with van der Waals surface area (Å²) >= 11 is 2.68. The van der Waals surface area contributed by atoms with Gasteiger partial charge in [-0.15, -0.1) is 16.9 Å². The Balaban J connectivity index is 1.42. The molecule has 29 heavy (non-hydrogen) atoms. The van der Waals surface area contributed by atoms with Gasteiger partial charge in [0, 0.05) is 30.2 Å². The van der Waals surface area contributed by atoms with Crippen LogP contribution in [0.5, 0.6) is 0 Å². The van der Waals surface area contributed by atoms with E-state index in [0.29, 0.717) is 35.9 Å². The van der Waals surface area contributed by atoms with E-state index in [1.807, 2.05) is 24.5 Å². The van der Waals surface area contributed by atoms with Crippen molar-refractivity contribution in [3.8, 4) is 0 Å². The first-order valence-corrected chi connectivity index (χ1v) is 11.3. The third kappa shape index (κ3) is 5.54. The zero-order valence-electron chi connectivity index (χ0n) is 16.3. The van der Waals surface area contributed by atoms with Crippen LogP contribution in [0.2, 0.25) is 0 Å². The van der Waals surface area contributed by atoms with E-state index in [1.54, 1.807) is 29.7 Å². The van der Waals surface area contributed by atoms with Crippen LogP contribution in [-0.2, 0) is 9.59 Å². The number of rotatable bonds is 5. The molecular formula is C19H23N5O3S2. The van der Waals surface area contributed by atoms with Crippen LogP contribution in [0.4, 0.5) is 5.69 Å². The van der Waals surface area contributed by atoms with E-state index in [4.69, 9.17) is 0 Å². The Morgan fingerprint density at radius 1 is 1.24 bits per heavy atom. The molecule has 3 rings (SSSR count). The van der Waals surface area contributed by atoms with Crippen LogP contribution in [0.15, 0.2) is 29.2 Å². The maximum absolute atomic E-state index is 12.5. The van der Waals surface area contributed by atoms with Crippen molar-refractivity contribution in [1.82, 2.24) is 19.8 Å². The Labute approximate surface area is 177 Å². The Hall–Kier alpha value is -2.46. The third-order valence-corrected chi connectivity index (χ3v) is 6.37. The van der Waals surface area contributed by atoms with Crippen LogP contribution >= 0.6 is 23.3 Å². The second-order valence-electron chi connectivity index (χ2n) is 6.82. The summed E-state index contributed by atoms with van der Waals surface area (Å²) in [6.45, 7) is 3.43. The SMILES string of the molecule is CSc1cccc(NC(=O)C(=O)NCC2CCN(C(=O)c3snnc3C)CC2)c1. The molecule has 2 N–H and O–H groups in total. The number of carbonyl (C=O) groups excluding carboxylic acids is 3. The molecule has 3 amide bonds. The molecule has 1 saturated heterocycles. The van der Waals surface area contributed by atoms with Gasteiger partial charge in [0.1, 0.15) is 4.88 Å². The maximum Gasteiger partial charge on any atom is 0.313 e. The van der Waals surface area contributed by atoms with Crippen LogP contribution in [0.3, 0.4) is 0 Å². The molecule has 1 fully saturated rings. The fourth-order valence-electron chi connectivity index (χ4n) is 3.12. The Morgan fingerprint density at radius 2 is 2.00 bits per heavy atom. The van der Waals surface area contributed by atoms with Crippen molar-refractivity contribution in [3.05, 3.63) is 34.8 Å². The number of hydrogen-bond donors (Lipinski definition) is 2. The van der Waals surface area contributed by atoms with Crippen molar-refractivity contribution in [1.29, 1.82) is 0 Å². The quantitative estimate of drug-likeness (QED) is 0.553. The molecule has 0 unspecified atom stereocenters. The van der Waals surface area contributed by atoms with Crippen LogP contribution in [-0.4, -0.2) is 58.1 Å². The van der Waals surface area contributed by atoms with Gasteiger partial charge in [0.15, 0.2) is 0 Å². The van der Waals surface area contributed by atoms with Crippen LogP contribution < -0.4 is 10.6 Å². The molecule has 0 spiro atoms. The molecule has 1 aliphatic rings. The highest BCUT2D eigenvalue weighted by molar-refractivity contribution is 7.98. The molecule has 1 aromatic carbocycles. The number of benzene rings is 1. The lowest BCUT2D eigenvalue weighted by Gasteiger charge is -2.31. The minimum atomic E-state index is -0.677. The van der Waals surface area contributed by atoms with E-state index < -0.39 is 11.8 Å². The molecule has 2 heterocycles. The lowest BCUT2D eigenvalue weighted by molar-refractivity contribution is -0.136. The summed E-state index contributed by atoms with van der Waals surface area (Å²) in [4.78, 5) is 40.1. The molecule has 2 aromatic rings. The number of hydrogen-bond acceptors (Lipinski definition) is 7. The average molecular weight is 434 g/mol. The number of anilines is 1. The number of carbonyl (C=O) groups is 3. The number of aryl methyl sites for hydroxylation is 1. The predicted molar refractivity (Wildman–Crippen MR) is 113 cm³/mol. The second kappa shape index (κ2) is 9.84. The number of piperidine rings is 1. The molecular weight excluding hydrogens is 410 g/mol. The zero-order valence-corrected chi connectivity index (χ0v) is 17.9. The predicted octanol–water partition coefficient (Wildman–Crippen LogP) is 2.18. The third-order valence-electron chi connectivity index (χ3n) is 4.83. The Morgan fingerprint density at radius 3 is 2.66 bits per heavy atom. The fraction of sp³-hybridized carbons (Fsp3) is 0.421. The van der Waals surface area contributed by atoms with Crippen LogP contribution in [0, 0.1) is 12.8 Å². The standard InChI is InChI=1S/C19H23N5O3S2/c1-12-16(29-23-22-12)19(27)24-8-6-13(7-9-24)11-20-17(25)18(26)21-14-4-3-5-15(10-14)28-2/h3-5,10,13H,6-9,11H2,1-2H3,(H,20,25)(H,21,26). The lowest BCUT2D eigenvalue weighted by Crippen LogP contribution is -2.43. The fourth-order valence-corrected chi connectivity index (χ4v) is 4.20. The maximum atomic E-state index is 12.5. The largest absolute Gasteiger partial charge is 0.348 e. The van der Waals surface area contributed by atoms with Gasteiger partial charge in [-0.3, -0.25) is 14.4 Å². The van der Waals surface area contributed by atoms with E-state index in [0.717, 1.165) is 29.3 Å². The summed E-state index contributed by atoms with van der Waals surface area (Å²) in [5, 5.41) is 9.21. The van der Waals surface area contributed by atoms with Gasteiger partial charge in [0.2, 0.25) is 0 Å². The highest BCUT2D eigenvalue weighted by Gasteiger charge is 2.26. The minimum Gasteiger partial charge on any atom is -0.348 e. The smallest absolute Gasteiger partial charge is 0.313 e. The number of amides is 3. The highest BCUT2D eigenvalue weighted by Crippen LogP contribution is 2.21. The highest BCUT2D eigenvalue weighted by atomic mass is 32.2. The normalized spacial score (nSPS) is 14.5. The summed E-state index contributed by atoms with van der Waals surface area (Å²) in [5.74, 6) is -1.13. The van der Waals surface area contributed by atoms with Crippen molar-refractivity contribution in [2.45, 2.75) is 24.7 Å². The van der Waals surface area contributed by atoms with Crippen molar-refractivity contribution in [3.63, 3.8) is 0 Å². The Bertz CT molecular complexity index is 893. The van der Waals surface area contributed by atoms with Gasteiger partial charge < -0.3 is 15.5 Å². The first kappa shape index (κ1) is 21.3. The number of likely N-dealkylation sites (tertiary alicyclic amines) is 1. The second-order valence-corrected chi connectivity index (χ2v) is 8.45. The molecule has 8 nitrogen and oxygen atoms in total. The summed E-state index contributed by atoms with van der Waals surface area (Å²) in [6.07, 6.45) is 3.49. The molecule has 1 aliphatic heterocycles. The first-order valence-electron chi connectivity index (χ1n) is 9.29. The van der Waals surface area contributed by atoms with Crippen LogP contribution in [0.1, 0.15) is 28.2 Å². The van der Waals surface area contributed by atoms with Gasteiger partial charge in [0.05, 0.1) is 5.69 Å². The molecule has 154 valence electrons. The van der Waals surface area contributed by atoms with E-state index in [2.05, 4.69) is 20.2 Å². The van der Waals surface area contributed by atoms with Gasteiger partial charge in [-0.2, -0.15) is 0 Å². The van der Waals surface area contributed by atoms with E-state index in [1.165, 1.54) is 0 Å². The van der Waals surface area contributed by atoms with E-state index in [9.17, 15) is 14.4 Å². The molecule has 0 saturated carbocycles. The monoisotopic (exact) mass is 433 g/mol. The number of thioether (sulfide) groups is 1. The summed E-state index contributed by atoms with van der Waals surface area (Å²) in [7, 11) is 0. The molecule has 0 radical (unpaired) electrons. The average Bonchev–Trinajstić information content (AvgIpc) is 3.17. The van der Waals surface area contributed by atoms with Crippen molar-refractivity contribution < 1.29 is 14.4 Å².